The average molecular weight is 296 g/mol. The Morgan fingerprint density at radius 2 is 2.10 bits per heavy atom. The minimum Gasteiger partial charge on any atom is -0.339 e. The Hall–Kier alpha value is -0.590. The summed E-state index contributed by atoms with van der Waals surface area (Å²) in [4.78, 5) is 7.04. The predicted molar refractivity (Wildman–Crippen MR) is 81.1 cm³/mol. The highest BCUT2D eigenvalue weighted by molar-refractivity contribution is 7.99. The summed E-state index contributed by atoms with van der Waals surface area (Å²) in [6.45, 7) is 1.10. The number of nitrogens with zero attached hydrogens (tertiary/aromatic N) is 3. The molecule has 1 saturated heterocycles. The van der Waals surface area contributed by atoms with Crippen molar-refractivity contribution in [2.45, 2.75) is 43.7 Å². The van der Waals surface area contributed by atoms with E-state index in [9.17, 15) is 0 Å². The number of aromatic nitrogens is 2. The molecule has 1 aromatic heterocycles. The summed E-state index contributed by atoms with van der Waals surface area (Å²) in [7, 11) is 4.20. The number of hydrogen-bond acceptors (Lipinski definition) is 6. The van der Waals surface area contributed by atoms with Crippen molar-refractivity contribution in [3.05, 3.63) is 11.7 Å². The largest absolute Gasteiger partial charge is 0.339 e. The Morgan fingerprint density at radius 3 is 2.80 bits per heavy atom. The van der Waals surface area contributed by atoms with Crippen molar-refractivity contribution < 1.29 is 4.52 Å². The second-order valence-corrected chi connectivity index (χ2v) is 7.05. The molecule has 1 aliphatic heterocycles. The quantitative estimate of drug-likeness (QED) is 0.921. The Morgan fingerprint density at radius 1 is 1.30 bits per heavy atom. The minimum absolute atomic E-state index is 0.319. The lowest BCUT2D eigenvalue weighted by Gasteiger charge is -2.29. The van der Waals surface area contributed by atoms with Crippen LogP contribution in [-0.4, -0.2) is 53.2 Å². The number of rotatable bonds is 3. The zero-order valence-electron chi connectivity index (χ0n) is 12.3. The molecule has 2 heterocycles. The van der Waals surface area contributed by atoms with Crippen LogP contribution < -0.4 is 5.32 Å². The molecule has 1 atom stereocenters. The van der Waals surface area contributed by atoms with Crippen LogP contribution in [0.2, 0.25) is 0 Å². The molecule has 2 aliphatic rings. The summed E-state index contributed by atoms with van der Waals surface area (Å²) in [6.07, 6.45) is 4.72. The fourth-order valence-corrected chi connectivity index (χ4v) is 4.35. The summed E-state index contributed by atoms with van der Waals surface area (Å²) in [6, 6.07) is 0.981. The minimum atomic E-state index is 0.319. The third kappa shape index (κ3) is 3.02. The molecule has 1 aromatic rings. The van der Waals surface area contributed by atoms with Gasteiger partial charge in [0.2, 0.25) is 5.89 Å². The summed E-state index contributed by atoms with van der Waals surface area (Å²) in [5.41, 5.74) is 0. The fourth-order valence-electron chi connectivity index (χ4n) is 3.14. The summed E-state index contributed by atoms with van der Waals surface area (Å²) < 4.78 is 5.56. The Balaban J connectivity index is 1.64. The molecule has 0 amide bonds. The van der Waals surface area contributed by atoms with Crippen molar-refractivity contribution >= 4 is 11.8 Å². The van der Waals surface area contributed by atoms with Crippen LogP contribution in [0.1, 0.15) is 49.4 Å². The van der Waals surface area contributed by atoms with Crippen LogP contribution in [0, 0.1) is 0 Å². The van der Waals surface area contributed by atoms with Crippen LogP contribution >= 0.6 is 11.8 Å². The van der Waals surface area contributed by atoms with E-state index in [1.807, 2.05) is 18.8 Å². The van der Waals surface area contributed by atoms with Crippen LogP contribution in [-0.2, 0) is 0 Å². The van der Waals surface area contributed by atoms with Gasteiger partial charge < -0.3 is 9.84 Å². The molecule has 5 nitrogen and oxygen atoms in total. The van der Waals surface area contributed by atoms with Crippen molar-refractivity contribution in [2.75, 3.05) is 32.1 Å². The van der Waals surface area contributed by atoms with Gasteiger partial charge >= 0.3 is 0 Å². The number of thioether (sulfide) groups is 1. The maximum absolute atomic E-state index is 5.56. The number of nitrogens with one attached hydrogen (secondary N) is 1. The van der Waals surface area contributed by atoms with Gasteiger partial charge in [-0.05, 0) is 39.8 Å². The smallest absolute Gasteiger partial charge is 0.229 e. The van der Waals surface area contributed by atoms with Crippen LogP contribution in [0.3, 0.4) is 0 Å². The second-order valence-electron chi connectivity index (χ2n) is 5.90. The number of hydrogen-bond donors (Lipinski definition) is 1. The lowest BCUT2D eigenvalue weighted by molar-refractivity contribution is 0.253. The van der Waals surface area contributed by atoms with Gasteiger partial charge in [-0.25, -0.2) is 0 Å². The summed E-state index contributed by atoms with van der Waals surface area (Å²) >= 11 is 1.98. The molecule has 0 spiro atoms. The monoisotopic (exact) mass is 296 g/mol. The van der Waals surface area contributed by atoms with E-state index in [0.717, 1.165) is 36.9 Å². The predicted octanol–water partition coefficient (Wildman–Crippen LogP) is 2.03. The molecule has 112 valence electrons. The van der Waals surface area contributed by atoms with Crippen LogP contribution in [0.4, 0.5) is 0 Å². The zero-order chi connectivity index (χ0) is 13.9. The second kappa shape index (κ2) is 6.45. The highest BCUT2D eigenvalue weighted by Crippen LogP contribution is 2.33. The highest BCUT2D eigenvalue weighted by atomic mass is 32.2. The third-order valence-corrected chi connectivity index (χ3v) is 5.66. The maximum atomic E-state index is 5.56. The van der Waals surface area contributed by atoms with Gasteiger partial charge in [0.05, 0.1) is 6.04 Å². The first-order valence-electron chi connectivity index (χ1n) is 7.56. The molecule has 0 bridgehead atoms. The van der Waals surface area contributed by atoms with Gasteiger partial charge in [-0.2, -0.15) is 16.7 Å². The first kappa shape index (κ1) is 14.4. The fraction of sp³-hybridized carbons (Fsp3) is 0.857. The van der Waals surface area contributed by atoms with Gasteiger partial charge in [-0.15, -0.1) is 0 Å². The topological polar surface area (TPSA) is 54.2 Å². The van der Waals surface area contributed by atoms with E-state index < -0.39 is 0 Å². The Bertz CT molecular complexity index is 431. The van der Waals surface area contributed by atoms with Crippen LogP contribution in [0.25, 0.3) is 0 Å². The molecule has 1 aliphatic carbocycles. The van der Waals surface area contributed by atoms with E-state index in [1.165, 1.54) is 18.6 Å². The van der Waals surface area contributed by atoms with Gasteiger partial charge in [0.25, 0.3) is 0 Å². The van der Waals surface area contributed by atoms with Crippen molar-refractivity contribution in [1.29, 1.82) is 0 Å². The van der Waals surface area contributed by atoms with E-state index in [4.69, 9.17) is 9.51 Å². The van der Waals surface area contributed by atoms with Gasteiger partial charge in [-0.3, -0.25) is 4.90 Å². The SMILES string of the molecule is CNC1CCC(c2nc(C3CSCCN3C)no2)CC1. The summed E-state index contributed by atoms with van der Waals surface area (Å²) in [5, 5.41) is 7.61. The molecule has 1 unspecified atom stereocenters. The van der Waals surface area contributed by atoms with E-state index >= 15 is 0 Å². The van der Waals surface area contributed by atoms with Gasteiger partial charge in [-0.1, -0.05) is 5.16 Å². The molecule has 20 heavy (non-hydrogen) atoms. The van der Waals surface area contributed by atoms with E-state index in [-0.39, 0.29) is 0 Å². The van der Waals surface area contributed by atoms with E-state index in [2.05, 4.69) is 22.4 Å². The average Bonchev–Trinajstić information content (AvgIpc) is 2.97. The zero-order valence-corrected chi connectivity index (χ0v) is 13.2. The first-order chi connectivity index (χ1) is 9.78. The summed E-state index contributed by atoms with van der Waals surface area (Å²) in [5.74, 6) is 4.47. The Kier molecular flexibility index (Phi) is 4.63. The third-order valence-electron chi connectivity index (χ3n) is 4.64. The van der Waals surface area contributed by atoms with Gasteiger partial charge in [0.15, 0.2) is 5.82 Å². The van der Waals surface area contributed by atoms with Crippen LogP contribution in [0.5, 0.6) is 0 Å². The molecular weight excluding hydrogens is 272 g/mol. The highest BCUT2D eigenvalue weighted by Gasteiger charge is 2.29. The lowest BCUT2D eigenvalue weighted by Crippen LogP contribution is -2.33. The molecule has 3 rings (SSSR count). The van der Waals surface area contributed by atoms with E-state index in [1.54, 1.807) is 0 Å². The molecule has 0 radical (unpaired) electrons. The Labute approximate surface area is 124 Å². The van der Waals surface area contributed by atoms with E-state index in [0.29, 0.717) is 18.0 Å². The van der Waals surface area contributed by atoms with Crippen LogP contribution in [0.15, 0.2) is 4.52 Å². The van der Waals surface area contributed by atoms with Crippen molar-refractivity contribution in [2.24, 2.45) is 0 Å². The van der Waals surface area contributed by atoms with Crippen molar-refractivity contribution in [3.8, 4) is 0 Å². The maximum Gasteiger partial charge on any atom is 0.229 e. The van der Waals surface area contributed by atoms with Gasteiger partial charge in [0, 0.05) is 30.0 Å². The molecular formula is C14H24N4OS. The molecule has 6 heteroatoms. The molecule has 0 aromatic carbocycles. The lowest BCUT2D eigenvalue weighted by atomic mass is 9.86. The normalized spacial score (nSPS) is 32.4. The van der Waals surface area contributed by atoms with Gasteiger partial charge in [0.1, 0.15) is 0 Å². The standard InChI is InChI=1S/C14H24N4OS/c1-15-11-5-3-10(4-6-11)14-16-13(17-19-14)12-9-20-8-7-18(12)2/h10-12,15H,3-9H2,1-2H3. The molecule has 1 saturated carbocycles. The van der Waals surface area contributed by atoms with Crippen molar-refractivity contribution in [3.63, 3.8) is 0 Å². The van der Waals surface area contributed by atoms with Crippen molar-refractivity contribution in [1.82, 2.24) is 20.4 Å². The molecule has 1 N–H and O–H groups in total. The first-order valence-corrected chi connectivity index (χ1v) is 8.72. The molecule has 2 fully saturated rings.